The third kappa shape index (κ3) is 4.03. The Balaban J connectivity index is 1.87. The molecule has 0 spiro atoms. The van der Waals surface area contributed by atoms with Crippen molar-refractivity contribution in [2.45, 2.75) is 44.9 Å². The first-order valence-corrected chi connectivity index (χ1v) is 7.01. The molecule has 0 atom stereocenters. The molecule has 5 nitrogen and oxygen atoms in total. The molecule has 1 N–H and O–H groups in total. The van der Waals surface area contributed by atoms with E-state index in [0.29, 0.717) is 25.8 Å². The van der Waals surface area contributed by atoms with Crippen LogP contribution < -0.4 is 0 Å². The molecule has 0 aromatic carbocycles. The second kappa shape index (κ2) is 6.03. The van der Waals surface area contributed by atoms with Crippen molar-refractivity contribution in [3.63, 3.8) is 0 Å². The van der Waals surface area contributed by atoms with E-state index < -0.39 is 5.60 Å². The number of aromatic nitrogens is 2. The minimum atomic E-state index is -0.604. The summed E-state index contributed by atoms with van der Waals surface area (Å²) < 4.78 is 7.26. The Morgan fingerprint density at radius 1 is 1.47 bits per heavy atom. The fraction of sp³-hybridized carbons (Fsp3) is 0.786. The van der Waals surface area contributed by atoms with Crippen LogP contribution in [0.15, 0.2) is 12.3 Å². The smallest absolute Gasteiger partial charge is 0.0817 e. The topological polar surface area (TPSA) is 50.5 Å². The van der Waals surface area contributed by atoms with Crippen molar-refractivity contribution in [2.24, 2.45) is 0 Å². The van der Waals surface area contributed by atoms with Crippen LogP contribution in [-0.2, 0) is 11.3 Å². The maximum Gasteiger partial charge on any atom is 0.0817 e. The lowest BCUT2D eigenvalue weighted by Gasteiger charge is -2.35. The summed E-state index contributed by atoms with van der Waals surface area (Å²) in [5, 5.41) is 15.0. The summed E-state index contributed by atoms with van der Waals surface area (Å²) >= 11 is 0. The standard InChI is InChI=1S/C14H25N3O2/c1-12(2)17-7-4-13(15-17)10-16(3)11-14(18)5-8-19-9-6-14/h4,7,12,18H,5-6,8-11H2,1-3H3. The van der Waals surface area contributed by atoms with Gasteiger partial charge in [0.05, 0.1) is 11.3 Å². The van der Waals surface area contributed by atoms with Crippen LogP contribution in [0.1, 0.15) is 38.4 Å². The number of ether oxygens (including phenoxy) is 1. The monoisotopic (exact) mass is 267 g/mol. The Hall–Kier alpha value is -0.910. The predicted molar refractivity (Wildman–Crippen MR) is 73.9 cm³/mol. The van der Waals surface area contributed by atoms with Crippen LogP contribution in [-0.4, -0.2) is 52.2 Å². The molecule has 0 radical (unpaired) electrons. The summed E-state index contributed by atoms with van der Waals surface area (Å²) in [7, 11) is 2.03. The van der Waals surface area contributed by atoms with E-state index in [9.17, 15) is 5.11 Å². The molecule has 0 saturated carbocycles. The Kier molecular flexibility index (Phi) is 4.60. The van der Waals surface area contributed by atoms with Crippen molar-refractivity contribution in [1.82, 2.24) is 14.7 Å². The number of aliphatic hydroxyl groups is 1. The van der Waals surface area contributed by atoms with Crippen LogP contribution in [0.3, 0.4) is 0 Å². The molecule has 0 bridgehead atoms. The molecular formula is C14H25N3O2. The van der Waals surface area contributed by atoms with E-state index in [-0.39, 0.29) is 0 Å². The van der Waals surface area contributed by atoms with Crippen LogP contribution in [0.5, 0.6) is 0 Å². The highest BCUT2D eigenvalue weighted by molar-refractivity contribution is 4.99. The molecule has 108 valence electrons. The van der Waals surface area contributed by atoms with Gasteiger partial charge in [0.2, 0.25) is 0 Å². The van der Waals surface area contributed by atoms with Gasteiger partial charge < -0.3 is 9.84 Å². The highest BCUT2D eigenvalue weighted by Gasteiger charge is 2.31. The van der Waals surface area contributed by atoms with Gasteiger partial charge in [0.1, 0.15) is 0 Å². The molecular weight excluding hydrogens is 242 g/mol. The molecule has 1 aromatic heterocycles. The van der Waals surface area contributed by atoms with E-state index >= 15 is 0 Å². The van der Waals surface area contributed by atoms with Crippen LogP contribution in [0.2, 0.25) is 0 Å². The van der Waals surface area contributed by atoms with Crippen molar-refractivity contribution >= 4 is 0 Å². The zero-order valence-electron chi connectivity index (χ0n) is 12.2. The molecule has 0 amide bonds. The van der Waals surface area contributed by atoms with Crippen molar-refractivity contribution in [3.05, 3.63) is 18.0 Å². The van der Waals surface area contributed by atoms with Gasteiger partial charge in [-0.2, -0.15) is 5.10 Å². The molecule has 19 heavy (non-hydrogen) atoms. The number of nitrogens with zero attached hydrogens (tertiary/aromatic N) is 3. The van der Waals surface area contributed by atoms with Gasteiger partial charge >= 0.3 is 0 Å². The van der Waals surface area contributed by atoms with Gasteiger partial charge in [0.15, 0.2) is 0 Å². The average molecular weight is 267 g/mol. The van der Waals surface area contributed by atoms with Crippen LogP contribution in [0, 0.1) is 0 Å². The van der Waals surface area contributed by atoms with Crippen LogP contribution in [0.25, 0.3) is 0 Å². The third-order valence-corrected chi connectivity index (χ3v) is 3.61. The van der Waals surface area contributed by atoms with Gasteiger partial charge in [-0.05, 0) is 27.0 Å². The molecule has 5 heteroatoms. The lowest BCUT2D eigenvalue weighted by Crippen LogP contribution is -2.45. The molecule has 1 aliphatic heterocycles. The van der Waals surface area contributed by atoms with Crippen LogP contribution >= 0.6 is 0 Å². The van der Waals surface area contributed by atoms with Gasteiger partial charge in [-0.15, -0.1) is 0 Å². The first kappa shape index (κ1) is 14.5. The summed E-state index contributed by atoms with van der Waals surface area (Å²) in [6.07, 6.45) is 3.45. The average Bonchev–Trinajstić information content (AvgIpc) is 2.77. The fourth-order valence-electron chi connectivity index (χ4n) is 2.49. The zero-order chi connectivity index (χ0) is 13.9. The summed E-state index contributed by atoms with van der Waals surface area (Å²) in [6, 6.07) is 2.43. The lowest BCUT2D eigenvalue weighted by molar-refractivity contribution is -0.0778. The largest absolute Gasteiger partial charge is 0.388 e. The first-order valence-electron chi connectivity index (χ1n) is 7.01. The fourth-order valence-corrected chi connectivity index (χ4v) is 2.49. The predicted octanol–water partition coefficient (Wildman–Crippen LogP) is 1.44. The zero-order valence-corrected chi connectivity index (χ0v) is 12.2. The van der Waals surface area contributed by atoms with Crippen molar-refractivity contribution in [2.75, 3.05) is 26.8 Å². The summed E-state index contributed by atoms with van der Waals surface area (Å²) in [5.74, 6) is 0. The van der Waals surface area contributed by atoms with E-state index in [1.54, 1.807) is 0 Å². The van der Waals surface area contributed by atoms with Crippen molar-refractivity contribution < 1.29 is 9.84 Å². The van der Waals surface area contributed by atoms with Gasteiger partial charge in [-0.25, -0.2) is 0 Å². The van der Waals surface area contributed by atoms with Crippen LogP contribution in [0.4, 0.5) is 0 Å². The van der Waals surface area contributed by atoms with E-state index in [2.05, 4.69) is 23.8 Å². The molecule has 2 heterocycles. The number of rotatable bonds is 5. The molecule has 1 aliphatic rings. The quantitative estimate of drug-likeness (QED) is 0.877. The van der Waals surface area contributed by atoms with Gasteiger partial charge in [0, 0.05) is 51.4 Å². The number of hydrogen-bond donors (Lipinski definition) is 1. The minimum Gasteiger partial charge on any atom is -0.388 e. The van der Waals surface area contributed by atoms with Gasteiger partial charge in [0.25, 0.3) is 0 Å². The van der Waals surface area contributed by atoms with E-state index in [0.717, 1.165) is 25.1 Å². The van der Waals surface area contributed by atoms with Gasteiger partial charge in [-0.3, -0.25) is 9.58 Å². The second-order valence-electron chi connectivity index (χ2n) is 5.89. The molecule has 1 saturated heterocycles. The highest BCUT2D eigenvalue weighted by atomic mass is 16.5. The second-order valence-corrected chi connectivity index (χ2v) is 5.89. The summed E-state index contributed by atoms with van der Waals surface area (Å²) in [4.78, 5) is 2.14. The van der Waals surface area contributed by atoms with E-state index in [1.807, 2.05) is 24.0 Å². The Morgan fingerprint density at radius 3 is 2.74 bits per heavy atom. The maximum absolute atomic E-state index is 10.5. The highest BCUT2D eigenvalue weighted by Crippen LogP contribution is 2.21. The lowest BCUT2D eigenvalue weighted by atomic mass is 9.94. The normalized spacial score (nSPS) is 19.3. The molecule has 1 fully saturated rings. The SMILES string of the molecule is CC(C)n1ccc(CN(C)CC2(O)CCOCC2)n1. The minimum absolute atomic E-state index is 0.388. The Morgan fingerprint density at radius 2 is 2.16 bits per heavy atom. The molecule has 2 rings (SSSR count). The molecule has 0 unspecified atom stereocenters. The first-order chi connectivity index (χ1) is 8.98. The Bertz CT molecular complexity index is 397. The summed E-state index contributed by atoms with van der Waals surface area (Å²) in [6.45, 7) is 6.99. The molecule has 1 aromatic rings. The maximum atomic E-state index is 10.5. The van der Waals surface area contributed by atoms with E-state index in [1.165, 1.54) is 0 Å². The number of hydrogen-bond acceptors (Lipinski definition) is 4. The molecule has 0 aliphatic carbocycles. The Labute approximate surface area is 115 Å². The van der Waals surface area contributed by atoms with Gasteiger partial charge in [-0.1, -0.05) is 0 Å². The summed E-state index contributed by atoms with van der Waals surface area (Å²) in [5.41, 5.74) is 0.444. The number of likely N-dealkylation sites (N-methyl/N-ethyl adjacent to an activating group) is 1. The third-order valence-electron chi connectivity index (χ3n) is 3.61. The van der Waals surface area contributed by atoms with Crippen molar-refractivity contribution in [3.8, 4) is 0 Å². The van der Waals surface area contributed by atoms with E-state index in [4.69, 9.17) is 4.74 Å². The van der Waals surface area contributed by atoms with Crippen molar-refractivity contribution in [1.29, 1.82) is 0 Å².